The number of nitrogens with zero attached hydrogens (tertiary/aromatic N) is 2. The van der Waals surface area contributed by atoms with E-state index in [2.05, 4.69) is 22.0 Å². The zero-order chi connectivity index (χ0) is 24.3. The molecule has 182 valence electrons. The Hall–Kier alpha value is -2.86. The van der Waals surface area contributed by atoms with Crippen molar-refractivity contribution >= 4 is 17.2 Å². The summed E-state index contributed by atoms with van der Waals surface area (Å²) in [6.07, 6.45) is 7.58. The van der Waals surface area contributed by atoms with Gasteiger partial charge in [0.05, 0.1) is 18.4 Å². The Kier molecular flexibility index (Phi) is 7.09. The third-order valence-corrected chi connectivity index (χ3v) is 7.37. The van der Waals surface area contributed by atoms with Crippen molar-refractivity contribution < 1.29 is 14.6 Å². The molecular formula is C29H31ClN2O3. The second-order valence-electron chi connectivity index (χ2n) is 9.29. The minimum atomic E-state index is -0.761. The standard InChI is InChI=1S/C29H31ClN2O3/c1-34-23-11-12-28-26(19-23)24(25-6-4-15-31-27(25)20-35-28)5-2-3-16-32-17-13-29(33,14-18-32)21-7-9-22(30)10-8-21/h4-12,15,19,33H,2-3,13-14,16-18,20H2,1H3/b24-5-. The number of allylic oxidation sites excluding steroid dienone is 1. The van der Waals surface area contributed by atoms with E-state index in [0.717, 1.165) is 84.8 Å². The summed E-state index contributed by atoms with van der Waals surface area (Å²) in [4.78, 5) is 7.01. The lowest BCUT2D eigenvalue weighted by molar-refractivity contribution is -0.0259. The van der Waals surface area contributed by atoms with Gasteiger partial charge in [0.25, 0.3) is 0 Å². The van der Waals surface area contributed by atoms with E-state index in [1.54, 1.807) is 7.11 Å². The lowest BCUT2D eigenvalue weighted by atomic mass is 9.84. The first-order valence-electron chi connectivity index (χ1n) is 12.2. The number of pyridine rings is 1. The third-order valence-electron chi connectivity index (χ3n) is 7.11. The molecule has 1 saturated heterocycles. The molecule has 1 N–H and O–H groups in total. The monoisotopic (exact) mass is 490 g/mol. The van der Waals surface area contributed by atoms with Gasteiger partial charge in [0.1, 0.15) is 18.1 Å². The second-order valence-corrected chi connectivity index (χ2v) is 9.73. The van der Waals surface area contributed by atoms with Gasteiger partial charge in [-0.3, -0.25) is 4.98 Å². The van der Waals surface area contributed by atoms with Crippen molar-refractivity contribution in [3.05, 3.63) is 94.3 Å². The van der Waals surface area contributed by atoms with Crippen molar-refractivity contribution in [3.63, 3.8) is 0 Å². The lowest BCUT2D eigenvalue weighted by Gasteiger charge is -2.38. The predicted octanol–water partition coefficient (Wildman–Crippen LogP) is 5.83. The molecule has 0 unspecified atom stereocenters. The van der Waals surface area contributed by atoms with Crippen LogP contribution in [-0.4, -0.2) is 41.7 Å². The summed E-state index contributed by atoms with van der Waals surface area (Å²) >= 11 is 6.02. The van der Waals surface area contributed by atoms with Crippen LogP contribution in [0.2, 0.25) is 5.02 Å². The number of methoxy groups -OCH3 is 1. The fourth-order valence-corrected chi connectivity index (χ4v) is 5.16. The van der Waals surface area contributed by atoms with Crippen molar-refractivity contribution in [1.82, 2.24) is 9.88 Å². The predicted molar refractivity (Wildman–Crippen MR) is 139 cm³/mol. The largest absolute Gasteiger partial charge is 0.497 e. The van der Waals surface area contributed by atoms with Crippen LogP contribution in [0.3, 0.4) is 0 Å². The number of aliphatic hydroxyl groups is 1. The van der Waals surface area contributed by atoms with Gasteiger partial charge in [0, 0.05) is 35.4 Å². The molecule has 5 rings (SSSR count). The number of aromatic nitrogens is 1. The minimum absolute atomic E-state index is 0.456. The zero-order valence-electron chi connectivity index (χ0n) is 20.0. The summed E-state index contributed by atoms with van der Waals surface area (Å²) in [5, 5.41) is 11.8. The van der Waals surface area contributed by atoms with E-state index in [1.807, 2.05) is 54.7 Å². The first kappa shape index (κ1) is 23.9. The number of fused-ring (bicyclic) bond motifs is 2. The maximum absolute atomic E-state index is 11.1. The fraction of sp³-hybridized carbons (Fsp3) is 0.345. The van der Waals surface area contributed by atoms with E-state index in [1.165, 1.54) is 0 Å². The molecule has 0 amide bonds. The van der Waals surface area contributed by atoms with Gasteiger partial charge >= 0.3 is 0 Å². The molecule has 0 spiro atoms. The molecule has 3 heterocycles. The molecule has 5 nitrogen and oxygen atoms in total. The highest BCUT2D eigenvalue weighted by Gasteiger charge is 2.33. The second kappa shape index (κ2) is 10.4. The average molecular weight is 491 g/mol. The van der Waals surface area contributed by atoms with Crippen LogP contribution in [0.1, 0.15) is 48.1 Å². The third kappa shape index (κ3) is 5.22. The molecule has 0 radical (unpaired) electrons. The summed E-state index contributed by atoms with van der Waals surface area (Å²) in [7, 11) is 1.69. The number of rotatable bonds is 6. The Morgan fingerprint density at radius 2 is 1.91 bits per heavy atom. The van der Waals surface area contributed by atoms with Crippen LogP contribution in [0.15, 0.2) is 66.9 Å². The molecule has 0 bridgehead atoms. The Morgan fingerprint density at radius 1 is 1.11 bits per heavy atom. The van der Waals surface area contributed by atoms with Crippen molar-refractivity contribution in [2.75, 3.05) is 26.7 Å². The number of unbranched alkanes of at least 4 members (excludes halogenated alkanes) is 1. The summed E-state index contributed by atoms with van der Waals surface area (Å²) < 4.78 is 11.6. The molecular weight excluding hydrogens is 460 g/mol. The summed E-state index contributed by atoms with van der Waals surface area (Å²) in [6.45, 7) is 3.23. The van der Waals surface area contributed by atoms with Crippen LogP contribution in [-0.2, 0) is 12.2 Å². The van der Waals surface area contributed by atoms with Crippen LogP contribution in [0.4, 0.5) is 0 Å². The normalized spacial score (nSPS) is 18.3. The van der Waals surface area contributed by atoms with Crippen molar-refractivity contribution in [2.45, 2.75) is 37.9 Å². The van der Waals surface area contributed by atoms with E-state index in [-0.39, 0.29) is 0 Å². The number of piperidine rings is 1. The first-order valence-corrected chi connectivity index (χ1v) is 12.6. The molecule has 2 aliphatic rings. The molecule has 6 heteroatoms. The number of hydrogen-bond acceptors (Lipinski definition) is 5. The van der Waals surface area contributed by atoms with Gasteiger partial charge in [-0.25, -0.2) is 0 Å². The van der Waals surface area contributed by atoms with Gasteiger partial charge in [-0.15, -0.1) is 0 Å². The van der Waals surface area contributed by atoms with E-state index in [9.17, 15) is 5.11 Å². The van der Waals surface area contributed by atoms with Crippen LogP contribution >= 0.6 is 11.6 Å². The fourth-order valence-electron chi connectivity index (χ4n) is 5.04. The highest BCUT2D eigenvalue weighted by Crippen LogP contribution is 2.38. The minimum Gasteiger partial charge on any atom is -0.497 e. The van der Waals surface area contributed by atoms with E-state index >= 15 is 0 Å². The maximum atomic E-state index is 11.1. The SMILES string of the molecule is COc1ccc2c(c1)/C(=C\CCCN1CCC(O)(c3ccc(Cl)cc3)CC1)c1cccnc1CO2. The van der Waals surface area contributed by atoms with Crippen LogP contribution in [0.25, 0.3) is 5.57 Å². The van der Waals surface area contributed by atoms with Crippen molar-refractivity contribution in [2.24, 2.45) is 0 Å². The number of ether oxygens (including phenoxy) is 2. The quantitative estimate of drug-likeness (QED) is 0.440. The molecule has 3 aromatic rings. The molecule has 2 aromatic carbocycles. The van der Waals surface area contributed by atoms with Crippen LogP contribution in [0.5, 0.6) is 11.5 Å². The van der Waals surface area contributed by atoms with Crippen LogP contribution in [0, 0.1) is 0 Å². The van der Waals surface area contributed by atoms with Crippen LogP contribution < -0.4 is 9.47 Å². The van der Waals surface area contributed by atoms with E-state index < -0.39 is 5.60 Å². The van der Waals surface area contributed by atoms with E-state index in [0.29, 0.717) is 11.6 Å². The lowest BCUT2D eigenvalue weighted by Crippen LogP contribution is -2.42. The van der Waals surface area contributed by atoms with E-state index in [4.69, 9.17) is 21.1 Å². The highest BCUT2D eigenvalue weighted by atomic mass is 35.5. The average Bonchev–Trinajstić information content (AvgIpc) is 3.04. The van der Waals surface area contributed by atoms with Gasteiger partial charge in [0.2, 0.25) is 0 Å². The smallest absolute Gasteiger partial charge is 0.131 e. The number of likely N-dealkylation sites (tertiary alicyclic amines) is 1. The van der Waals surface area contributed by atoms with Crippen molar-refractivity contribution in [3.8, 4) is 11.5 Å². The van der Waals surface area contributed by atoms with Gasteiger partial charge in [-0.1, -0.05) is 35.9 Å². The van der Waals surface area contributed by atoms with Gasteiger partial charge in [-0.05, 0) is 79.8 Å². The Balaban J connectivity index is 1.25. The number of benzene rings is 2. The van der Waals surface area contributed by atoms with Gasteiger partial charge < -0.3 is 19.5 Å². The number of halogens is 1. The molecule has 0 aliphatic carbocycles. The Bertz CT molecular complexity index is 1200. The molecule has 35 heavy (non-hydrogen) atoms. The van der Waals surface area contributed by atoms with Crippen molar-refractivity contribution in [1.29, 1.82) is 0 Å². The summed E-state index contributed by atoms with van der Waals surface area (Å²) in [5.41, 5.74) is 4.46. The molecule has 0 atom stereocenters. The zero-order valence-corrected chi connectivity index (χ0v) is 20.8. The maximum Gasteiger partial charge on any atom is 0.131 e. The first-order chi connectivity index (χ1) is 17.1. The Labute approximate surface area is 212 Å². The Morgan fingerprint density at radius 3 is 2.69 bits per heavy atom. The molecule has 0 saturated carbocycles. The topological polar surface area (TPSA) is 54.8 Å². The van der Waals surface area contributed by atoms with Gasteiger partial charge in [0.15, 0.2) is 0 Å². The number of hydrogen-bond donors (Lipinski definition) is 1. The molecule has 2 aliphatic heterocycles. The highest BCUT2D eigenvalue weighted by molar-refractivity contribution is 6.30. The summed E-state index contributed by atoms with van der Waals surface area (Å²) in [5.74, 6) is 1.67. The molecule has 1 aromatic heterocycles. The summed E-state index contributed by atoms with van der Waals surface area (Å²) in [6, 6.07) is 17.7. The molecule has 1 fully saturated rings. The van der Waals surface area contributed by atoms with Gasteiger partial charge in [-0.2, -0.15) is 0 Å².